The number of fused-ring (bicyclic) bond motifs is 1. The lowest BCUT2D eigenvalue weighted by Crippen LogP contribution is -2.33. The molecule has 0 radical (unpaired) electrons. The fourth-order valence-electron chi connectivity index (χ4n) is 2.53. The molecule has 0 bridgehead atoms. The molecule has 3 rings (SSSR count). The summed E-state index contributed by atoms with van der Waals surface area (Å²) < 4.78 is 1.14. The number of nitrogens with one attached hydrogen (secondary N) is 1. The molecule has 2 N–H and O–H groups in total. The van der Waals surface area contributed by atoms with E-state index in [1.807, 2.05) is 54.6 Å². The summed E-state index contributed by atoms with van der Waals surface area (Å²) in [5.74, 6) is -0.0543. The van der Waals surface area contributed by atoms with Gasteiger partial charge in [-0.1, -0.05) is 42.5 Å². The van der Waals surface area contributed by atoms with Crippen molar-refractivity contribution in [3.8, 4) is 0 Å². The average molecular weight is 340 g/mol. The second-order valence-corrected chi connectivity index (χ2v) is 6.84. The van der Waals surface area contributed by atoms with E-state index in [-0.39, 0.29) is 12.5 Å². The number of aliphatic hydroxyl groups is 1. The van der Waals surface area contributed by atoms with Gasteiger partial charge in [0.1, 0.15) is 0 Å². The van der Waals surface area contributed by atoms with Crippen molar-refractivity contribution in [2.45, 2.75) is 25.4 Å². The zero-order chi connectivity index (χ0) is 16.8. The van der Waals surface area contributed by atoms with E-state index in [0.29, 0.717) is 19.3 Å². The predicted molar refractivity (Wildman–Crippen MR) is 97.1 cm³/mol. The summed E-state index contributed by atoms with van der Waals surface area (Å²) >= 11 is 1.62. The Morgan fingerprint density at radius 2 is 1.88 bits per heavy atom. The van der Waals surface area contributed by atoms with E-state index in [4.69, 9.17) is 0 Å². The fourth-order valence-corrected chi connectivity index (χ4v) is 3.49. The standard InChI is InChI=1S/C19H20N2O2S/c22-15(12-14-6-2-1-3-7-14)13-20-18(23)10-11-19-21-16-8-4-5-9-17(16)24-19/h1-9,15,22H,10-13H2,(H,20,23). The third-order valence-electron chi connectivity index (χ3n) is 3.75. The third-order valence-corrected chi connectivity index (χ3v) is 4.85. The van der Waals surface area contributed by atoms with Crippen molar-refractivity contribution in [2.24, 2.45) is 0 Å². The molecule has 0 aliphatic rings. The minimum atomic E-state index is -0.571. The van der Waals surface area contributed by atoms with Crippen molar-refractivity contribution in [1.29, 1.82) is 0 Å². The molecule has 4 nitrogen and oxygen atoms in total. The first-order chi connectivity index (χ1) is 11.7. The van der Waals surface area contributed by atoms with E-state index in [9.17, 15) is 9.90 Å². The highest BCUT2D eigenvalue weighted by atomic mass is 32.1. The van der Waals surface area contributed by atoms with Crippen LogP contribution in [0.5, 0.6) is 0 Å². The molecule has 0 spiro atoms. The Hall–Kier alpha value is -2.24. The van der Waals surface area contributed by atoms with Crippen molar-refractivity contribution in [3.05, 3.63) is 65.2 Å². The first kappa shape index (κ1) is 16.6. The lowest BCUT2D eigenvalue weighted by Gasteiger charge is -2.11. The first-order valence-electron chi connectivity index (χ1n) is 8.04. The van der Waals surface area contributed by atoms with Gasteiger partial charge < -0.3 is 10.4 Å². The molecule has 24 heavy (non-hydrogen) atoms. The number of rotatable bonds is 7. The van der Waals surface area contributed by atoms with Crippen LogP contribution in [0.2, 0.25) is 0 Å². The van der Waals surface area contributed by atoms with Crippen LogP contribution in [0.15, 0.2) is 54.6 Å². The summed E-state index contributed by atoms with van der Waals surface area (Å²) in [5, 5.41) is 13.8. The number of benzene rings is 2. The Kier molecular flexibility index (Phi) is 5.56. The number of hydrogen-bond donors (Lipinski definition) is 2. The minimum Gasteiger partial charge on any atom is -0.391 e. The van der Waals surface area contributed by atoms with Crippen molar-refractivity contribution >= 4 is 27.5 Å². The number of hydrogen-bond acceptors (Lipinski definition) is 4. The smallest absolute Gasteiger partial charge is 0.220 e. The number of aromatic nitrogens is 1. The largest absolute Gasteiger partial charge is 0.391 e. The molecule has 124 valence electrons. The molecule has 0 aliphatic carbocycles. The van der Waals surface area contributed by atoms with E-state index in [2.05, 4.69) is 10.3 Å². The summed E-state index contributed by atoms with van der Waals surface area (Å²) in [7, 11) is 0. The van der Waals surface area contributed by atoms with Gasteiger partial charge in [-0.2, -0.15) is 0 Å². The lowest BCUT2D eigenvalue weighted by molar-refractivity contribution is -0.121. The monoisotopic (exact) mass is 340 g/mol. The SMILES string of the molecule is O=C(CCc1nc2ccccc2s1)NCC(O)Cc1ccccc1. The van der Waals surface area contributed by atoms with Crippen molar-refractivity contribution in [1.82, 2.24) is 10.3 Å². The summed E-state index contributed by atoms with van der Waals surface area (Å²) in [6, 6.07) is 17.7. The van der Waals surface area contributed by atoms with Gasteiger partial charge in [0.25, 0.3) is 0 Å². The van der Waals surface area contributed by atoms with Gasteiger partial charge in [-0.15, -0.1) is 11.3 Å². The second kappa shape index (κ2) is 8.04. The van der Waals surface area contributed by atoms with E-state index in [1.54, 1.807) is 11.3 Å². The minimum absolute atomic E-state index is 0.0543. The number of aryl methyl sites for hydroxylation is 1. The molecule has 1 unspecified atom stereocenters. The van der Waals surface area contributed by atoms with Crippen LogP contribution in [0.25, 0.3) is 10.2 Å². The number of para-hydroxylation sites is 1. The van der Waals surface area contributed by atoms with E-state index in [0.717, 1.165) is 20.8 Å². The van der Waals surface area contributed by atoms with Gasteiger partial charge in [-0.25, -0.2) is 4.98 Å². The summed E-state index contributed by atoms with van der Waals surface area (Å²) in [5.41, 5.74) is 2.05. The number of carbonyl (C=O) groups is 1. The quantitative estimate of drug-likeness (QED) is 0.695. The summed E-state index contributed by atoms with van der Waals surface area (Å²) in [6.45, 7) is 0.271. The molecule has 0 fully saturated rings. The highest BCUT2D eigenvalue weighted by molar-refractivity contribution is 7.18. The molecule has 2 aromatic carbocycles. The van der Waals surface area contributed by atoms with Gasteiger partial charge in [-0.05, 0) is 17.7 Å². The zero-order valence-corrected chi connectivity index (χ0v) is 14.1. The number of aliphatic hydroxyl groups excluding tert-OH is 1. The van der Waals surface area contributed by atoms with Crippen LogP contribution in [0.4, 0.5) is 0 Å². The van der Waals surface area contributed by atoms with E-state index in [1.165, 1.54) is 0 Å². The predicted octanol–water partition coefficient (Wildman–Crippen LogP) is 2.95. The third kappa shape index (κ3) is 4.63. The number of carbonyl (C=O) groups excluding carboxylic acids is 1. The second-order valence-electron chi connectivity index (χ2n) is 5.72. The molecule has 1 amide bonds. The molecular formula is C19H20N2O2S. The van der Waals surface area contributed by atoms with Crippen LogP contribution >= 0.6 is 11.3 Å². The molecule has 1 atom stereocenters. The van der Waals surface area contributed by atoms with Gasteiger partial charge in [0.2, 0.25) is 5.91 Å². The molecule has 0 saturated heterocycles. The Morgan fingerprint density at radius 1 is 1.12 bits per heavy atom. The van der Waals surface area contributed by atoms with Gasteiger partial charge in [0.05, 0.1) is 21.3 Å². The zero-order valence-electron chi connectivity index (χ0n) is 13.3. The Morgan fingerprint density at radius 3 is 2.67 bits per heavy atom. The number of thiazole rings is 1. The number of nitrogens with zero attached hydrogens (tertiary/aromatic N) is 1. The van der Waals surface area contributed by atoms with Crippen molar-refractivity contribution in [2.75, 3.05) is 6.54 Å². The molecule has 0 aliphatic heterocycles. The summed E-state index contributed by atoms with van der Waals surface area (Å²) in [4.78, 5) is 16.5. The normalized spacial score (nSPS) is 12.2. The van der Waals surface area contributed by atoms with Gasteiger partial charge in [-0.3, -0.25) is 4.79 Å². The Bertz CT molecular complexity index is 768. The van der Waals surface area contributed by atoms with E-state index < -0.39 is 6.10 Å². The van der Waals surface area contributed by atoms with Crippen LogP contribution in [0.1, 0.15) is 17.0 Å². The highest BCUT2D eigenvalue weighted by Gasteiger charge is 2.10. The summed E-state index contributed by atoms with van der Waals surface area (Å²) in [6.07, 6.45) is 0.982. The molecular weight excluding hydrogens is 320 g/mol. The molecule has 5 heteroatoms. The fraction of sp³-hybridized carbons (Fsp3) is 0.263. The van der Waals surface area contributed by atoms with Crippen molar-refractivity contribution in [3.63, 3.8) is 0 Å². The highest BCUT2D eigenvalue weighted by Crippen LogP contribution is 2.22. The van der Waals surface area contributed by atoms with Crippen LogP contribution < -0.4 is 5.32 Å². The van der Waals surface area contributed by atoms with Gasteiger partial charge in [0, 0.05) is 25.8 Å². The molecule has 0 saturated carbocycles. The van der Waals surface area contributed by atoms with Crippen LogP contribution in [0, 0.1) is 0 Å². The maximum absolute atomic E-state index is 11.9. The molecule has 1 aromatic heterocycles. The lowest BCUT2D eigenvalue weighted by atomic mass is 10.1. The van der Waals surface area contributed by atoms with Crippen LogP contribution in [-0.2, 0) is 17.6 Å². The average Bonchev–Trinajstić information content (AvgIpc) is 3.02. The van der Waals surface area contributed by atoms with E-state index >= 15 is 0 Å². The Labute approximate surface area is 145 Å². The first-order valence-corrected chi connectivity index (χ1v) is 8.85. The van der Waals surface area contributed by atoms with Gasteiger partial charge >= 0.3 is 0 Å². The Balaban J connectivity index is 1.42. The maximum atomic E-state index is 11.9. The van der Waals surface area contributed by atoms with Gasteiger partial charge in [0.15, 0.2) is 0 Å². The maximum Gasteiger partial charge on any atom is 0.220 e. The topological polar surface area (TPSA) is 62.2 Å². The van der Waals surface area contributed by atoms with Crippen LogP contribution in [0.3, 0.4) is 0 Å². The molecule has 1 heterocycles. The van der Waals surface area contributed by atoms with Crippen LogP contribution in [-0.4, -0.2) is 28.6 Å². The molecule has 3 aromatic rings. The number of amides is 1. The van der Waals surface area contributed by atoms with Crippen molar-refractivity contribution < 1.29 is 9.90 Å².